The highest BCUT2D eigenvalue weighted by atomic mass is 19.4. The molecule has 0 saturated carbocycles. The van der Waals surface area contributed by atoms with Crippen LogP contribution in [0.2, 0.25) is 0 Å². The van der Waals surface area contributed by atoms with E-state index in [1.165, 1.54) is 18.2 Å². The summed E-state index contributed by atoms with van der Waals surface area (Å²) in [5.41, 5.74) is -0.989. The highest BCUT2D eigenvalue weighted by Crippen LogP contribution is 2.29. The number of rotatable bonds is 4. The van der Waals surface area contributed by atoms with E-state index in [0.29, 0.717) is 5.56 Å². The van der Waals surface area contributed by atoms with E-state index in [1.807, 2.05) is 5.32 Å². The summed E-state index contributed by atoms with van der Waals surface area (Å²) >= 11 is 0. The molecular formula is C17H19F3N2O4. The first-order valence-corrected chi connectivity index (χ1v) is 7.51. The lowest BCUT2D eigenvalue weighted by molar-refractivity contribution is -0.143. The third-order valence-corrected chi connectivity index (χ3v) is 2.74. The van der Waals surface area contributed by atoms with Gasteiger partial charge < -0.3 is 10.1 Å². The molecule has 0 heterocycles. The van der Waals surface area contributed by atoms with Gasteiger partial charge in [0.25, 0.3) is 5.91 Å². The van der Waals surface area contributed by atoms with Crippen LogP contribution >= 0.6 is 0 Å². The number of alkyl halides is 3. The van der Waals surface area contributed by atoms with Crippen LogP contribution in [0.5, 0.6) is 0 Å². The average molecular weight is 372 g/mol. The second kappa shape index (κ2) is 8.50. The number of imide groups is 1. The summed E-state index contributed by atoms with van der Waals surface area (Å²) in [6.45, 7) is 4.50. The molecule has 0 aliphatic rings. The molecule has 6 nitrogen and oxygen atoms in total. The molecule has 0 radical (unpaired) electrons. The average Bonchev–Trinajstić information content (AvgIpc) is 2.48. The second-order valence-electron chi connectivity index (χ2n) is 6.31. The standard InChI is InChI=1S/C17H19F3N2O4/c1-16(2,3)22-15(25)21-13(23)10-26-14(24)9-6-11-4-7-12(8-5-11)17(18,19)20/h4-9H,10H2,1-3H3,(H2,21,22,23,25)/b9-6+. The summed E-state index contributed by atoms with van der Waals surface area (Å²) in [5.74, 6) is -1.70. The molecule has 0 spiro atoms. The molecule has 0 saturated heterocycles. The zero-order valence-corrected chi connectivity index (χ0v) is 14.4. The predicted molar refractivity (Wildman–Crippen MR) is 87.9 cm³/mol. The molecule has 1 aromatic rings. The van der Waals surface area contributed by atoms with Crippen molar-refractivity contribution in [1.29, 1.82) is 0 Å². The van der Waals surface area contributed by atoms with Crippen molar-refractivity contribution >= 4 is 24.0 Å². The normalized spacial score (nSPS) is 11.9. The third kappa shape index (κ3) is 8.32. The summed E-state index contributed by atoms with van der Waals surface area (Å²) in [5, 5.41) is 4.48. The molecule has 0 unspecified atom stereocenters. The predicted octanol–water partition coefficient (Wildman–Crippen LogP) is 2.89. The lowest BCUT2D eigenvalue weighted by atomic mass is 10.1. The van der Waals surface area contributed by atoms with Crippen molar-refractivity contribution in [2.45, 2.75) is 32.5 Å². The Bertz CT molecular complexity index is 689. The van der Waals surface area contributed by atoms with Crippen LogP contribution in [-0.4, -0.2) is 30.1 Å². The van der Waals surface area contributed by atoms with Crippen molar-refractivity contribution in [2.75, 3.05) is 6.61 Å². The van der Waals surface area contributed by atoms with E-state index in [-0.39, 0.29) is 0 Å². The van der Waals surface area contributed by atoms with E-state index in [1.54, 1.807) is 20.8 Å². The molecule has 1 rings (SSSR count). The highest BCUT2D eigenvalue weighted by Gasteiger charge is 2.29. The quantitative estimate of drug-likeness (QED) is 0.629. The van der Waals surface area contributed by atoms with Gasteiger partial charge in [0.15, 0.2) is 6.61 Å². The van der Waals surface area contributed by atoms with Crippen LogP contribution in [-0.2, 0) is 20.5 Å². The smallest absolute Gasteiger partial charge is 0.416 e. The van der Waals surface area contributed by atoms with Crippen molar-refractivity contribution in [3.63, 3.8) is 0 Å². The van der Waals surface area contributed by atoms with Crippen LogP contribution in [0, 0.1) is 0 Å². The molecule has 142 valence electrons. The van der Waals surface area contributed by atoms with Crippen LogP contribution in [0.15, 0.2) is 30.3 Å². The Hall–Kier alpha value is -2.84. The van der Waals surface area contributed by atoms with Gasteiger partial charge in [-0.3, -0.25) is 10.1 Å². The van der Waals surface area contributed by atoms with Crippen molar-refractivity contribution < 1.29 is 32.3 Å². The van der Waals surface area contributed by atoms with E-state index >= 15 is 0 Å². The number of hydrogen-bond donors (Lipinski definition) is 2. The van der Waals surface area contributed by atoms with Crippen molar-refractivity contribution in [3.05, 3.63) is 41.5 Å². The number of nitrogens with one attached hydrogen (secondary N) is 2. The molecule has 26 heavy (non-hydrogen) atoms. The van der Waals surface area contributed by atoms with Crippen LogP contribution in [0.1, 0.15) is 31.9 Å². The molecule has 0 fully saturated rings. The van der Waals surface area contributed by atoms with Gasteiger partial charge in [0.2, 0.25) is 0 Å². The molecule has 3 amide bonds. The van der Waals surface area contributed by atoms with E-state index in [0.717, 1.165) is 18.2 Å². The fourth-order valence-corrected chi connectivity index (χ4v) is 1.67. The fourth-order valence-electron chi connectivity index (χ4n) is 1.67. The van der Waals surface area contributed by atoms with Crippen LogP contribution < -0.4 is 10.6 Å². The van der Waals surface area contributed by atoms with Crippen molar-refractivity contribution in [2.24, 2.45) is 0 Å². The zero-order chi connectivity index (χ0) is 20.0. The molecule has 0 aromatic heterocycles. The number of halogens is 3. The zero-order valence-electron chi connectivity index (χ0n) is 14.4. The summed E-state index contributed by atoms with van der Waals surface area (Å²) in [4.78, 5) is 34.4. The Morgan fingerprint density at radius 3 is 2.15 bits per heavy atom. The first-order valence-electron chi connectivity index (χ1n) is 7.51. The molecule has 0 atom stereocenters. The summed E-state index contributed by atoms with van der Waals surface area (Å²) in [6.07, 6.45) is -2.23. The summed E-state index contributed by atoms with van der Waals surface area (Å²) < 4.78 is 41.9. The Balaban J connectivity index is 2.45. The maximum absolute atomic E-state index is 12.4. The molecule has 0 aliphatic heterocycles. The van der Waals surface area contributed by atoms with E-state index in [2.05, 4.69) is 10.1 Å². The Morgan fingerprint density at radius 1 is 1.08 bits per heavy atom. The third-order valence-electron chi connectivity index (χ3n) is 2.74. The lowest BCUT2D eigenvalue weighted by Gasteiger charge is -2.20. The number of carbonyl (C=O) groups is 3. The molecule has 0 aliphatic carbocycles. The Morgan fingerprint density at radius 2 is 1.65 bits per heavy atom. The fraction of sp³-hybridized carbons (Fsp3) is 0.353. The molecular weight excluding hydrogens is 353 g/mol. The van der Waals surface area contributed by atoms with Gasteiger partial charge in [0, 0.05) is 11.6 Å². The van der Waals surface area contributed by atoms with Gasteiger partial charge >= 0.3 is 18.2 Å². The molecule has 1 aromatic carbocycles. The van der Waals surface area contributed by atoms with Gasteiger partial charge in [-0.15, -0.1) is 0 Å². The number of esters is 1. The van der Waals surface area contributed by atoms with Crippen LogP contribution in [0.4, 0.5) is 18.0 Å². The van der Waals surface area contributed by atoms with Gasteiger partial charge in [-0.2, -0.15) is 13.2 Å². The topological polar surface area (TPSA) is 84.5 Å². The number of carbonyl (C=O) groups excluding carboxylic acids is 3. The SMILES string of the molecule is CC(C)(C)NC(=O)NC(=O)COC(=O)/C=C/c1ccc(C(F)(F)F)cc1. The first-order chi connectivity index (χ1) is 11.9. The molecule has 9 heteroatoms. The summed E-state index contributed by atoms with van der Waals surface area (Å²) in [7, 11) is 0. The van der Waals surface area contributed by atoms with Crippen LogP contribution in [0.3, 0.4) is 0 Å². The largest absolute Gasteiger partial charge is 0.452 e. The summed E-state index contributed by atoms with van der Waals surface area (Å²) in [6, 6.07) is 3.42. The van der Waals surface area contributed by atoms with E-state index < -0.39 is 41.8 Å². The number of benzene rings is 1. The van der Waals surface area contributed by atoms with Crippen molar-refractivity contribution in [3.8, 4) is 0 Å². The van der Waals surface area contributed by atoms with Gasteiger partial charge in [0.1, 0.15) is 0 Å². The van der Waals surface area contributed by atoms with E-state index in [4.69, 9.17) is 0 Å². The monoisotopic (exact) mass is 372 g/mol. The second-order valence-corrected chi connectivity index (χ2v) is 6.31. The first kappa shape index (κ1) is 21.2. The Labute approximate surface area is 148 Å². The van der Waals surface area contributed by atoms with Gasteiger partial charge in [0.05, 0.1) is 5.56 Å². The number of ether oxygens (including phenoxy) is 1. The number of hydrogen-bond acceptors (Lipinski definition) is 4. The number of amides is 3. The molecule has 2 N–H and O–H groups in total. The lowest BCUT2D eigenvalue weighted by Crippen LogP contribution is -2.49. The minimum absolute atomic E-state index is 0.351. The van der Waals surface area contributed by atoms with Gasteiger partial charge in [-0.1, -0.05) is 12.1 Å². The minimum atomic E-state index is -4.44. The van der Waals surface area contributed by atoms with Crippen LogP contribution in [0.25, 0.3) is 6.08 Å². The maximum Gasteiger partial charge on any atom is 0.416 e. The number of urea groups is 1. The molecule has 0 bridgehead atoms. The van der Waals surface area contributed by atoms with Gasteiger partial charge in [-0.25, -0.2) is 9.59 Å². The van der Waals surface area contributed by atoms with Gasteiger partial charge in [-0.05, 0) is 44.5 Å². The minimum Gasteiger partial charge on any atom is -0.452 e. The van der Waals surface area contributed by atoms with E-state index in [9.17, 15) is 27.6 Å². The Kier molecular flexibility index (Phi) is 6.93. The maximum atomic E-state index is 12.4. The van der Waals surface area contributed by atoms with Crippen molar-refractivity contribution in [1.82, 2.24) is 10.6 Å². The highest BCUT2D eigenvalue weighted by molar-refractivity contribution is 5.96.